The minimum atomic E-state index is -0.0412. The Bertz CT molecular complexity index is 433. The highest BCUT2D eigenvalue weighted by Gasteiger charge is 2.15. The zero-order valence-electron chi connectivity index (χ0n) is 11.1. The van der Waals surface area contributed by atoms with Gasteiger partial charge in [0.05, 0.1) is 5.69 Å². The van der Waals surface area contributed by atoms with Crippen LogP contribution in [0, 0.1) is 16.3 Å². The van der Waals surface area contributed by atoms with Gasteiger partial charge >= 0.3 is 0 Å². The fraction of sp³-hybridized carbons (Fsp3) is 0.692. The standard InChI is InChI=1S/C13H22N2OS/c1-8(2)9(3)6-5-7-15-11-10(14-4)12(16)13(11)17/h8-9,14-15H,5-7H2,1-4H3. The first-order valence-corrected chi connectivity index (χ1v) is 6.64. The Balaban J connectivity index is 2.35. The topological polar surface area (TPSA) is 41.1 Å². The van der Waals surface area contributed by atoms with E-state index in [2.05, 4.69) is 31.4 Å². The first kappa shape index (κ1) is 14.2. The molecule has 0 radical (unpaired) electrons. The maximum absolute atomic E-state index is 11.3. The molecule has 1 aromatic carbocycles. The number of anilines is 2. The van der Waals surface area contributed by atoms with Crippen molar-refractivity contribution in [3.8, 4) is 0 Å². The molecule has 1 rings (SSSR count). The second-order valence-corrected chi connectivity index (χ2v) is 5.36. The fourth-order valence-electron chi connectivity index (χ4n) is 1.77. The van der Waals surface area contributed by atoms with Gasteiger partial charge in [-0.2, -0.15) is 0 Å². The summed E-state index contributed by atoms with van der Waals surface area (Å²) in [6, 6.07) is 0. The molecule has 0 fully saturated rings. The van der Waals surface area contributed by atoms with E-state index in [1.54, 1.807) is 7.05 Å². The third-order valence-corrected chi connectivity index (χ3v) is 3.83. The van der Waals surface area contributed by atoms with Gasteiger partial charge in [-0.25, -0.2) is 0 Å². The molecule has 96 valence electrons. The van der Waals surface area contributed by atoms with E-state index in [1.807, 2.05) is 0 Å². The first-order chi connectivity index (χ1) is 7.99. The third-order valence-electron chi connectivity index (χ3n) is 3.44. The maximum atomic E-state index is 11.3. The molecule has 0 aliphatic heterocycles. The minimum Gasteiger partial charge on any atom is -0.383 e. The Kier molecular flexibility index (Phi) is 5.12. The smallest absolute Gasteiger partial charge is 0.223 e. The lowest BCUT2D eigenvalue weighted by atomic mass is 9.93. The number of rotatable bonds is 7. The van der Waals surface area contributed by atoms with Crippen molar-refractivity contribution < 1.29 is 0 Å². The molecule has 1 aromatic rings. The van der Waals surface area contributed by atoms with Gasteiger partial charge in [0, 0.05) is 13.6 Å². The van der Waals surface area contributed by atoms with Gasteiger partial charge in [-0.05, 0) is 24.7 Å². The SMILES string of the molecule is CNc1c(NCCCC(C)C(C)C)c(=S)c1=O. The molecule has 0 aliphatic rings. The van der Waals surface area contributed by atoms with Crippen molar-refractivity contribution in [1.82, 2.24) is 0 Å². The molecular weight excluding hydrogens is 232 g/mol. The predicted molar refractivity (Wildman–Crippen MR) is 77.2 cm³/mol. The summed E-state index contributed by atoms with van der Waals surface area (Å²) in [4.78, 5) is 11.3. The summed E-state index contributed by atoms with van der Waals surface area (Å²) in [5.74, 6) is 1.47. The predicted octanol–water partition coefficient (Wildman–Crippen LogP) is 3.18. The fourth-order valence-corrected chi connectivity index (χ4v) is 2.05. The van der Waals surface area contributed by atoms with Crippen LogP contribution in [0.25, 0.3) is 0 Å². The van der Waals surface area contributed by atoms with Crippen LogP contribution < -0.4 is 16.1 Å². The summed E-state index contributed by atoms with van der Waals surface area (Å²) < 4.78 is 0.436. The van der Waals surface area contributed by atoms with E-state index in [9.17, 15) is 4.79 Å². The monoisotopic (exact) mass is 254 g/mol. The molecule has 0 saturated carbocycles. The zero-order chi connectivity index (χ0) is 13.0. The summed E-state index contributed by atoms with van der Waals surface area (Å²) in [5, 5.41) is 6.13. The Labute approximate surface area is 108 Å². The van der Waals surface area contributed by atoms with Crippen LogP contribution in [-0.4, -0.2) is 13.6 Å². The second-order valence-electron chi connectivity index (χ2n) is 4.95. The molecule has 1 atom stereocenters. The van der Waals surface area contributed by atoms with Crippen LogP contribution in [0.5, 0.6) is 0 Å². The molecule has 4 heteroatoms. The summed E-state index contributed by atoms with van der Waals surface area (Å²) in [7, 11) is 1.75. The maximum Gasteiger partial charge on any atom is 0.223 e. The van der Waals surface area contributed by atoms with E-state index in [-0.39, 0.29) is 5.43 Å². The third kappa shape index (κ3) is 3.28. The van der Waals surface area contributed by atoms with Gasteiger partial charge in [-0.3, -0.25) is 4.79 Å². The largest absolute Gasteiger partial charge is 0.383 e. The van der Waals surface area contributed by atoms with Crippen molar-refractivity contribution in [2.45, 2.75) is 33.6 Å². The Morgan fingerprint density at radius 1 is 1.24 bits per heavy atom. The highest BCUT2D eigenvalue weighted by atomic mass is 32.1. The highest BCUT2D eigenvalue weighted by molar-refractivity contribution is 7.71. The lowest BCUT2D eigenvalue weighted by Crippen LogP contribution is -2.20. The molecule has 3 nitrogen and oxygen atoms in total. The quantitative estimate of drug-likeness (QED) is 0.579. The molecule has 0 aliphatic carbocycles. The highest BCUT2D eigenvalue weighted by Crippen LogP contribution is 2.22. The lowest BCUT2D eigenvalue weighted by molar-refractivity contribution is 0.386. The van der Waals surface area contributed by atoms with Crippen LogP contribution in [0.1, 0.15) is 33.6 Å². The van der Waals surface area contributed by atoms with Crippen LogP contribution in [0.3, 0.4) is 0 Å². The Hall–Kier alpha value is -0.900. The summed E-state index contributed by atoms with van der Waals surface area (Å²) in [5.41, 5.74) is 1.41. The first-order valence-electron chi connectivity index (χ1n) is 6.24. The van der Waals surface area contributed by atoms with Gasteiger partial charge < -0.3 is 10.6 Å². The van der Waals surface area contributed by atoms with E-state index in [0.717, 1.165) is 30.5 Å². The van der Waals surface area contributed by atoms with Gasteiger partial charge in [0.1, 0.15) is 10.2 Å². The van der Waals surface area contributed by atoms with E-state index in [1.165, 1.54) is 6.42 Å². The van der Waals surface area contributed by atoms with Crippen LogP contribution in [-0.2, 0) is 0 Å². The number of nitrogens with one attached hydrogen (secondary N) is 2. The van der Waals surface area contributed by atoms with Crippen molar-refractivity contribution in [3.63, 3.8) is 0 Å². The Morgan fingerprint density at radius 3 is 2.41 bits per heavy atom. The van der Waals surface area contributed by atoms with Crippen molar-refractivity contribution in [2.24, 2.45) is 11.8 Å². The van der Waals surface area contributed by atoms with Crippen LogP contribution >= 0.6 is 12.2 Å². The van der Waals surface area contributed by atoms with Crippen molar-refractivity contribution in [2.75, 3.05) is 24.2 Å². The van der Waals surface area contributed by atoms with Crippen molar-refractivity contribution in [3.05, 3.63) is 14.7 Å². The number of hydrogen-bond acceptors (Lipinski definition) is 4. The molecule has 0 heterocycles. The molecule has 0 bridgehead atoms. The lowest BCUT2D eigenvalue weighted by Gasteiger charge is -2.17. The molecule has 0 spiro atoms. The average Bonchev–Trinajstić information content (AvgIpc) is 2.31. The van der Waals surface area contributed by atoms with Crippen LogP contribution in [0.15, 0.2) is 4.79 Å². The Morgan fingerprint density at radius 2 is 1.88 bits per heavy atom. The van der Waals surface area contributed by atoms with E-state index in [0.29, 0.717) is 10.2 Å². The van der Waals surface area contributed by atoms with Crippen molar-refractivity contribution in [1.29, 1.82) is 0 Å². The molecule has 2 N–H and O–H groups in total. The molecule has 1 unspecified atom stereocenters. The normalized spacial score (nSPS) is 13.0. The van der Waals surface area contributed by atoms with Gasteiger partial charge in [-0.1, -0.05) is 33.0 Å². The molecular formula is C13H22N2OS. The van der Waals surface area contributed by atoms with E-state index in [4.69, 9.17) is 12.2 Å². The van der Waals surface area contributed by atoms with E-state index < -0.39 is 0 Å². The molecule has 0 saturated heterocycles. The zero-order valence-corrected chi connectivity index (χ0v) is 11.9. The summed E-state index contributed by atoms with van der Waals surface area (Å²) in [6.07, 6.45) is 2.31. The average molecular weight is 254 g/mol. The van der Waals surface area contributed by atoms with Gasteiger partial charge in [0.2, 0.25) is 5.43 Å². The van der Waals surface area contributed by atoms with Crippen LogP contribution in [0.4, 0.5) is 11.4 Å². The van der Waals surface area contributed by atoms with E-state index >= 15 is 0 Å². The van der Waals surface area contributed by atoms with Gasteiger partial charge in [0.25, 0.3) is 0 Å². The van der Waals surface area contributed by atoms with Gasteiger partial charge in [-0.15, -0.1) is 0 Å². The van der Waals surface area contributed by atoms with Gasteiger partial charge in [0.15, 0.2) is 0 Å². The summed E-state index contributed by atoms with van der Waals surface area (Å²) in [6.45, 7) is 7.66. The number of hydrogen-bond donors (Lipinski definition) is 2. The van der Waals surface area contributed by atoms with Crippen LogP contribution in [0.2, 0.25) is 0 Å². The molecule has 17 heavy (non-hydrogen) atoms. The summed E-state index contributed by atoms with van der Waals surface area (Å²) >= 11 is 5.00. The molecule has 0 amide bonds. The molecule has 0 aromatic heterocycles. The van der Waals surface area contributed by atoms with Crippen molar-refractivity contribution >= 4 is 23.6 Å². The minimum absolute atomic E-state index is 0.0412. The second kappa shape index (κ2) is 6.15.